The monoisotopic (exact) mass is 272 g/mol. The molecule has 1 atom stereocenters. The number of rotatable bonds is 8. The largest absolute Gasteiger partial charge is 0.481 e. The van der Waals surface area contributed by atoms with Crippen LogP contribution in [0.25, 0.3) is 0 Å². The molecule has 1 unspecified atom stereocenters. The Bertz CT molecular complexity index is 283. The van der Waals surface area contributed by atoms with Crippen LogP contribution >= 0.6 is 0 Å². The van der Waals surface area contributed by atoms with Crippen LogP contribution in [0, 0.1) is 0 Å². The van der Waals surface area contributed by atoms with E-state index >= 15 is 0 Å². The smallest absolute Gasteiger partial charge is 0.411 e. The predicted octanol–water partition coefficient (Wildman–Crippen LogP) is -0.126. The van der Waals surface area contributed by atoms with Crippen LogP contribution in [0.5, 0.6) is 0 Å². The maximum Gasteiger partial charge on any atom is 0.411 e. The number of nitrogens with one attached hydrogen (secondary N) is 1. The van der Waals surface area contributed by atoms with E-state index in [0.29, 0.717) is 0 Å². The van der Waals surface area contributed by atoms with Crippen molar-refractivity contribution in [3.63, 3.8) is 0 Å². The van der Waals surface area contributed by atoms with E-state index in [1.54, 1.807) is 0 Å². The second-order valence-corrected chi connectivity index (χ2v) is 3.50. The zero-order valence-electron chi connectivity index (χ0n) is 9.50. The molecule has 0 aliphatic heterocycles. The molecule has 0 fully saturated rings. The number of hydrogen-bond donors (Lipinski definition) is 3. The molecule has 4 N–H and O–H groups in total. The highest BCUT2D eigenvalue weighted by Crippen LogP contribution is 2.13. The number of alkyl halides is 3. The molecule has 18 heavy (non-hydrogen) atoms. The van der Waals surface area contributed by atoms with Crippen molar-refractivity contribution in [3.8, 4) is 0 Å². The summed E-state index contributed by atoms with van der Waals surface area (Å²) in [6.45, 7) is -1.79. The second-order valence-electron chi connectivity index (χ2n) is 3.50. The maximum absolute atomic E-state index is 11.7. The second kappa shape index (κ2) is 7.88. The van der Waals surface area contributed by atoms with Gasteiger partial charge in [-0.3, -0.25) is 9.59 Å². The van der Waals surface area contributed by atoms with Crippen LogP contribution in [-0.4, -0.2) is 49.0 Å². The number of carbonyl (C=O) groups is 2. The topological polar surface area (TPSA) is 102 Å². The number of ether oxygens (including phenoxy) is 1. The van der Waals surface area contributed by atoms with Crippen LogP contribution in [0.3, 0.4) is 0 Å². The molecule has 0 rings (SSSR count). The molecule has 0 aromatic rings. The van der Waals surface area contributed by atoms with Gasteiger partial charge in [0, 0.05) is 13.0 Å². The van der Waals surface area contributed by atoms with E-state index in [-0.39, 0.29) is 26.0 Å². The molecule has 0 radical (unpaired) electrons. The molecule has 1 amide bonds. The first kappa shape index (κ1) is 16.6. The Kier molecular flexibility index (Phi) is 7.29. The van der Waals surface area contributed by atoms with Gasteiger partial charge in [0.25, 0.3) is 0 Å². The summed E-state index contributed by atoms with van der Waals surface area (Å²) in [5.74, 6) is -1.70. The van der Waals surface area contributed by atoms with E-state index in [9.17, 15) is 22.8 Å². The molecule has 0 saturated carbocycles. The molecule has 106 valence electrons. The number of amides is 1. The zero-order valence-corrected chi connectivity index (χ0v) is 9.50. The lowest BCUT2D eigenvalue weighted by atomic mass is 10.1. The molecule has 9 heteroatoms. The third-order valence-electron chi connectivity index (χ3n) is 1.82. The summed E-state index contributed by atoms with van der Waals surface area (Å²) in [7, 11) is 0. The van der Waals surface area contributed by atoms with E-state index < -0.39 is 30.7 Å². The molecular weight excluding hydrogens is 257 g/mol. The lowest BCUT2D eigenvalue weighted by Crippen LogP contribution is -2.42. The molecule has 0 saturated heterocycles. The van der Waals surface area contributed by atoms with Crippen LogP contribution in [0.1, 0.15) is 12.8 Å². The Hall–Kier alpha value is -1.35. The number of carboxylic acid groups (broad SMARTS) is 1. The molecule has 0 spiro atoms. The third-order valence-corrected chi connectivity index (χ3v) is 1.82. The normalized spacial score (nSPS) is 13.1. The van der Waals surface area contributed by atoms with Crippen molar-refractivity contribution in [2.24, 2.45) is 5.73 Å². The molecular formula is C9H15F3N2O4. The molecule has 0 aliphatic carbocycles. The summed E-state index contributed by atoms with van der Waals surface area (Å²) in [5, 5.41) is 10.6. The summed E-state index contributed by atoms with van der Waals surface area (Å²) < 4.78 is 39.2. The van der Waals surface area contributed by atoms with Gasteiger partial charge in [0.1, 0.15) is 6.61 Å². The van der Waals surface area contributed by atoms with Crippen LogP contribution < -0.4 is 11.1 Å². The highest BCUT2D eigenvalue weighted by Gasteiger charge is 2.27. The van der Waals surface area contributed by atoms with E-state index in [1.165, 1.54) is 0 Å². The average molecular weight is 272 g/mol. The predicted molar refractivity (Wildman–Crippen MR) is 54.7 cm³/mol. The van der Waals surface area contributed by atoms with Crippen molar-refractivity contribution in [1.82, 2.24) is 5.32 Å². The molecule has 0 aliphatic rings. The van der Waals surface area contributed by atoms with E-state index in [4.69, 9.17) is 10.8 Å². The summed E-state index contributed by atoms with van der Waals surface area (Å²) >= 11 is 0. The highest BCUT2D eigenvalue weighted by molar-refractivity contribution is 5.82. The minimum atomic E-state index is -4.40. The van der Waals surface area contributed by atoms with Gasteiger partial charge in [-0.2, -0.15) is 13.2 Å². The van der Waals surface area contributed by atoms with E-state index in [0.717, 1.165) is 0 Å². The minimum absolute atomic E-state index is 0.0371. The van der Waals surface area contributed by atoms with Crippen LogP contribution in [-0.2, 0) is 14.3 Å². The fourth-order valence-electron chi connectivity index (χ4n) is 0.975. The van der Waals surface area contributed by atoms with Gasteiger partial charge >= 0.3 is 12.1 Å². The number of aliphatic carboxylic acids is 1. The highest BCUT2D eigenvalue weighted by atomic mass is 19.4. The summed E-state index contributed by atoms with van der Waals surface area (Å²) in [5.41, 5.74) is 5.35. The number of halogens is 3. The molecule has 0 bridgehead atoms. The standard InChI is InChI=1S/C9H15F3N2O4/c10-9(11,12)5-18-4-3-14-8(17)6(13)1-2-7(15)16/h6H,1-5,13H2,(H,14,17)(H,15,16). The van der Waals surface area contributed by atoms with Gasteiger partial charge in [-0.1, -0.05) is 0 Å². The van der Waals surface area contributed by atoms with Crippen molar-refractivity contribution in [3.05, 3.63) is 0 Å². The quantitative estimate of drug-likeness (QED) is 0.534. The van der Waals surface area contributed by atoms with Gasteiger partial charge in [-0.15, -0.1) is 0 Å². The van der Waals surface area contributed by atoms with Crippen LogP contribution in [0.4, 0.5) is 13.2 Å². The van der Waals surface area contributed by atoms with Crippen molar-refractivity contribution in [2.45, 2.75) is 25.1 Å². The summed E-state index contributed by atoms with van der Waals surface area (Å²) in [4.78, 5) is 21.4. The summed E-state index contributed by atoms with van der Waals surface area (Å²) in [6, 6.07) is -0.997. The average Bonchev–Trinajstić information content (AvgIpc) is 2.23. The first-order chi connectivity index (χ1) is 8.22. The van der Waals surface area contributed by atoms with E-state index in [1.807, 2.05) is 0 Å². The van der Waals surface area contributed by atoms with Gasteiger partial charge in [0.2, 0.25) is 5.91 Å². The Morgan fingerprint density at radius 1 is 1.39 bits per heavy atom. The Morgan fingerprint density at radius 3 is 2.50 bits per heavy atom. The maximum atomic E-state index is 11.7. The lowest BCUT2D eigenvalue weighted by Gasteiger charge is -2.12. The SMILES string of the molecule is NC(CCC(=O)O)C(=O)NCCOCC(F)(F)F. The van der Waals surface area contributed by atoms with Gasteiger partial charge in [-0.05, 0) is 6.42 Å². The fourth-order valence-corrected chi connectivity index (χ4v) is 0.975. The first-order valence-electron chi connectivity index (χ1n) is 5.12. The first-order valence-corrected chi connectivity index (χ1v) is 5.12. The molecule has 6 nitrogen and oxygen atoms in total. The fraction of sp³-hybridized carbons (Fsp3) is 0.778. The Balaban J connectivity index is 3.61. The van der Waals surface area contributed by atoms with Crippen LogP contribution in [0.15, 0.2) is 0 Å². The Morgan fingerprint density at radius 2 is 2.00 bits per heavy atom. The van der Waals surface area contributed by atoms with Gasteiger partial charge in [-0.25, -0.2) is 0 Å². The molecule has 0 heterocycles. The van der Waals surface area contributed by atoms with Crippen molar-refractivity contribution < 1.29 is 32.6 Å². The molecule has 0 aromatic heterocycles. The number of carboxylic acids is 1. The zero-order chi connectivity index (χ0) is 14.2. The Labute approximate surface area is 101 Å². The van der Waals surface area contributed by atoms with Crippen molar-refractivity contribution >= 4 is 11.9 Å². The molecule has 0 aromatic carbocycles. The van der Waals surface area contributed by atoms with Crippen molar-refractivity contribution in [1.29, 1.82) is 0 Å². The van der Waals surface area contributed by atoms with Crippen molar-refractivity contribution in [2.75, 3.05) is 19.8 Å². The summed E-state index contributed by atoms with van der Waals surface area (Å²) in [6.07, 6.45) is -4.69. The minimum Gasteiger partial charge on any atom is -0.481 e. The number of carbonyl (C=O) groups excluding carboxylic acids is 1. The van der Waals surface area contributed by atoms with E-state index in [2.05, 4.69) is 10.1 Å². The van der Waals surface area contributed by atoms with Gasteiger partial charge in [0.05, 0.1) is 12.6 Å². The van der Waals surface area contributed by atoms with Crippen LogP contribution in [0.2, 0.25) is 0 Å². The number of nitrogens with two attached hydrogens (primary N) is 1. The third kappa shape index (κ3) is 9.85. The van der Waals surface area contributed by atoms with Gasteiger partial charge in [0.15, 0.2) is 0 Å². The number of hydrogen-bond acceptors (Lipinski definition) is 4. The van der Waals surface area contributed by atoms with Gasteiger partial charge < -0.3 is 20.9 Å². The lowest BCUT2D eigenvalue weighted by molar-refractivity contribution is -0.173.